The van der Waals surface area contributed by atoms with E-state index in [0.717, 1.165) is 45.6 Å². The van der Waals surface area contributed by atoms with Crippen molar-refractivity contribution in [1.82, 2.24) is 10.2 Å². The second kappa shape index (κ2) is 6.97. The summed E-state index contributed by atoms with van der Waals surface area (Å²) in [6.07, 6.45) is 5.28. The quantitative estimate of drug-likeness (QED) is 0.800. The molecule has 1 amide bonds. The highest BCUT2D eigenvalue weighted by Crippen LogP contribution is 2.16. The van der Waals surface area contributed by atoms with Crippen LogP contribution in [0.25, 0.3) is 0 Å². The van der Waals surface area contributed by atoms with Gasteiger partial charge in [0.15, 0.2) is 0 Å². The number of carbonyl (C=O) groups is 1. The van der Waals surface area contributed by atoms with Crippen LogP contribution in [0.5, 0.6) is 0 Å². The van der Waals surface area contributed by atoms with Gasteiger partial charge in [-0.3, -0.25) is 4.79 Å². The molecule has 1 atom stereocenters. The number of ether oxygens (including phenoxy) is 1. The van der Waals surface area contributed by atoms with Gasteiger partial charge in [0.05, 0.1) is 6.61 Å². The summed E-state index contributed by atoms with van der Waals surface area (Å²) in [7, 11) is 0. The molecule has 2 fully saturated rings. The molecule has 2 rings (SSSR count). The lowest BCUT2D eigenvalue weighted by atomic mass is 9.94. The molecule has 0 aromatic rings. The van der Waals surface area contributed by atoms with Crippen LogP contribution in [0.3, 0.4) is 0 Å². The van der Waals surface area contributed by atoms with Crippen molar-refractivity contribution in [3.05, 3.63) is 0 Å². The molecule has 17 heavy (non-hydrogen) atoms. The van der Waals surface area contributed by atoms with Crippen molar-refractivity contribution in [2.24, 2.45) is 5.92 Å². The maximum absolute atomic E-state index is 12.0. The van der Waals surface area contributed by atoms with E-state index in [2.05, 4.69) is 5.32 Å². The third kappa shape index (κ3) is 4.28. The van der Waals surface area contributed by atoms with Crippen molar-refractivity contribution in [3.8, 4) is 0 Å². The first kappa shape index (κ1) is 12.8. The third-order valence-corrected chi connectivity index (χ3v) is 3.74. The van der Waals surface area contributed by atoms with E-state index < -0.39 is 0 Å². The molecule has 0 saturated carbocycles. The molecule has 1 N–H and O–H groups in total. The van der Waals surface area contributed by atoms with Crippen molar-refractivity contribution in [2.45, 2.75) is 32.1 Å². The molecule has 0 aliphatic carbocycles. The Bertz CT molecular complexity index is 232. The van der Waals surface area contributed by atoms with Gasteiger partial charge < -0.3 is 15.0 Å². The number of nitrogens with zero attached hydrogens (tertiary/aromatic N) is 1. The van der Waals surface area contributed by atoms with Gasteiger partial charge >= 0.3 is 0 Å². The molecule has 2 aliphatic heterocycles. The zero-order valence-electron chi connectivity index (χ0n) is 10.6. The Hall–Kier alpha value is -0.610. The predicted octanol–water partition coefficient (Wildman–Crippen LogP) is 1.02. The fraction of sp³-hybridized carbons (Fsp3) is 0.923. The summed E-state index contributed by atoms with van der Waals surface area (Å²) in [6, 6.07) is 0. The minimum absolute atomic E-state index is 0.320. The number of amides is 1. The molecule has 1 unspecified atom stereocenters. The molecule has 0 radical (unpaired) electrons. The van der Waals surface area contributed by atoms with Crippen LogP contribution in [0, 0.1) is 5.92 Å². The molecular formula is C13H24N2O2. The SMILES string of the molecule is O=C(CCC1CCCNC1)N1CCCOCC1. The van der Waals surface area contributed by atoms with Gasteiger partial charge in [0.2, 0.25) is 5.91 Å². The molecule has 2 saturated heterocycles. The van der Waals surface area contributed by atoms with Crippen LogP contribution in [0.15, 0.2) is 0 Å². The Labute approximate surface area is 104 Å². The minimum atomic E-state index is 0.320. The highest BCUT2D eigenvalue weighted by Gasteiger charge is 2.18. The van der Waals surface area contributed by atoms with Gasteiger partial charge in [0.1, 0.15) is 0 Å². The average Bonchev–Trinajstić information content (AvgIpc) is 2.66. The summed E-state index contributed by atoms with van der Waals surface area (Å²) in [6.45, 7) is 5.40. The monoisotopic (exact) mass is 240 g/mol. The van der Waals surface area contributed by atoms with Gasteiger partial charge in [-0.2, -0.15) is 0 Å². The van der Waals surface area contributed by atoms with Crippen LogP contribution in [-0.2, 0) is 9.53 Å². The number of hydrogen-bond acceptors (Lipinski definition) is 3. The number of hydrogen-bond donors (Lipinski definition) is 1. The van der Waals surface area contributed by atoms with E-state index in [0.29, 0.717) is 24.9 Å². The molecule has 4 heteroatoms. The smallest absolute Gasteiger partial charge is 0.222 e. The minimum Gasteiger partial charge on any atom is -0.380 e. The van der Waals surface area contributed by atoms with Crippen molar-refractivity contribution < 1.29 is 9.53 Å². The fourth-order valence-electron chi connectivity index (χ4n) is 2.65. The lowest BCUT2D eigenvalue weighted by Crippen LogP contribution is -2.35. The molecular weight excluding hydrogens is 216 g/mol. The molecule has 0 aromatic carbocycles. The number of carbonyl (C=O) groups excluding carboxylic acids is 1. The topological polar surface area (TPSA) is 41.6 Å². The van der Waals surface area contributed by atoms with Crippen LogP contribution in [0.1, 0.15) is 32.1 Å². The summed E-state index contributed by atoms with van der Waals surface area (Å²) in [5.74, 6) is 1.03. The molecule has 0 bridgehead atoms. The first-order valence-corrected chi connectivity index (χ1v) is 6.92. The molecule has 2 heterocycles. The molecule has 2 aliphatic rings. The number of nitrogens with one attached hydrogen (secondary N) is 1. The zero-order valence-corrected chi connectivity index (χ0v) is 10.6. The first-order valence-electron chi connectivity index (χ1n) is 6.92. The average molecular weight is 240 g/mol. The standard InChI is InChI=1S/C13H24N2O2/c16-13(15-7-2-9-17-10-8-15)5-4-12-3-1-6-14-11-12/h12,14H,1-11H2. The van der Waals surface area contributed by atoms with Gasteiger partial charge in [-0.1, -0.05) is 0 Å². The normalized spacial score (nSPS) is 26.6. The zero-order chi connectivity index (χ0) is 11.9. The van der Waals surface area contributed by atoms with E-state index in [9.17, 15) is 4.79 Å². The lowest BCUT2D eigenvalue weighted by Gasteiger charge is -2.24. The van der Waals surface area contributed by atoms with Crippen molar-refractivity contribution >= 4 is 5.91 Å². The first-order chi connectivity index (χ1) is 8.36. The van der Waals surface area contributed by atoms with E-state index >= 15 is 0 Å². The Kier molecular flexibility index (Phi) is 5.26. The molecule has 0 spiro atoms. The number of piperidine rings is 1. The highest BCUT2D eigenvalue weighted by molar-refractivity contribution is 5.76. The van der Waals surface area contributed by atoms with Crippen LogP contribution in [0.2, 0.25) is 0 Å². The maximum Gasteiger partial charge on any atom is 0.222 e. The number of rotatable bonds is 3. The van der Waals surface area contributed by atoms with E-state index in [4.69, 9.17) is 4.74 Å². The molecule has 98 valence electrons. The Morgan fingerprint density at radius 3 is 3.06 bits per heavy atom. The predicted molar refractivity (Wildman–Crippen MR) is 66.8 cm³/mol. The maximum atomic E-state index is 12.0. The summed E-state index contributed by atoms with van der Waals surface area (Å²) in [5.41, 5.74) is 0. The summed E-state index contributed by atoms with van der Waals surface area (Å²) in [5, 5.41) is 3.40. The van der Waals surface area contributed by atoms with Gasteiger partial charge in [-0.05, 0) is 44.7 Å². The molecule has 4 nitrogen and oxygen atoms in total. The summed E-state index contributed by atoms with van der Waals surface area (Å²) in [4.78, 5) is 14.0. The van der Waals surface area contributed by atoms with E-state index in [1.165, 1.54) is 12.8 Å². The van der Waals surface area contributed by atoms with Gasteiger partial charge in [-0.15, -0.1) is 0 Å². The second-order valence-corrected chi connectivity index (χ2v) is 5.10. The van der Waals surface area contributed by atoms with E-state index in [1.807, 2.05) is 4.90 Å². The van der Waals surface area contributed by atoms with Gasteiger partial charge in [0.25, 0.3) is 0 Å². The van der Waals surface area contributed by atoms with Crippen LogP contribution < -0.4 is 5.32 Å². The van der Waals surface area contributed by atoms with Crippen LogP contribution in [-0.4, -0.2) is 50.2 Å². The molecule has 0 aromatic heterocycles. The van der Waals surface area contributed by atoms with E-state index in [-0.39, 0.29) is 0 Å². The Balaban J connectivity index is 1.68. The van der Waals surface area contributed by atoms with E-state index in [1.54, 1.807) is 0 Å². The third-order valence-electron chi connectivity index (χ3n) is 3.74. The van der Waals surface area contributed by atoms with Gasteiger partial charge in [-0.25, -0.2) is 0 Å². The van der Waals surface area contributed by atoms with Crippen LogP contribution in [0.4, 0.5) is 0 Å². The highest BCUT2D eigenvalue weighted by atomic mass is 16.5. The fourth-order valence-corrected chi connectivity index (χ4v) is 2.65. The summed E-state index contributed by atoms with van der Waals surface area (Å²) < 4.78 is 5.37. The lowest BCUT2D eigenvalue weighted by molar-refractivity contribution is -0.131. The largest absolute Gasteiger partial charge is 0.380 e. The second-order valence-electron chi connectivity index (χ2n) is 5.10. The van der Waals surface area contributed by atoms with Crippen molar-refractivity contribution in [3.63, 3.8) is 0 Å². The Morgan fingerprint density at radius 1 is 1.29 bits per heavy atom. The summed E-state index contributed by atoms with van der Waals surface area (Å²) >= 11 is 0. The van der Waals surface area contributed by atoms with Crippen molar-refractivity contribution in [1.29, 1.82) is 0 Å². The van der Waals surface area contributed by atoms with Crippen molar-refractivity contribution in [2.75, 3.05) is 39.4 Å². The van der Waals surface area contributed by atoms with Gasteiger partial charge in [0, 0.05) is 26.1 Å². The van der Waals surface area contributed by atoms with Crippen LogP contribution >= 0.6 is 0 Å². The Morgan fingerprint density at radius 2 is 2.24 bits per heavy atom.